The fraction of sp³-hybridized carbons (Fsp3) is 0.125. The monoisotopic (exact) mass is 248 g/mol. The standard InChI is InChI=1S/C8H6BrClO2/c1-4(11)7-6(10)3-2-5(9)8(7)12/h2-3,12H,1H3. The summed E-state index contributed by atoms with van der Waals surface area (Å²) in [7, 11) is 0. The third-order valence-electron chi connectivity index (χ3n) is 1.43. The van der Waals surface area contributed by atoms with Crippen LogP contribution in [-0.2, 0) is 0 Å². The molecule has 1 N–H and O–H groups in total. The number of Topliss-reactive ketones (excluding diaryl/α,β-unsaturated/α-hetero) is 1. The Morgan fingerprint density at radius 2 is 2.17 bits per heavy atom. The lowest BCUT2D eigenvalue weighted by Crippen LogP contribution is -1.94. The van der Waals surface area contributed by atoms with Crippen LogP contribution in [0, 0.1) is 0 Å². The first-order chi connectivity index (χ1) is 5.54. The third kappa shape index (κ3) is 1.62. The van der Waals surface area contributed by atoms with Gasteiger partial charge in [0.05, 0.1) is 15.1 Å². The minimum Gasteiger partial charge on any atom is -0.506 e. The number of benzene rings is 1. The summed E-state index contributed by atoms with van der Waals surface area (Å²) in [4.78, 5) is 11.0. The number of carbonyl (C=O) groups is 1. The van der Waals surface area contributed by atoms with Crippen molar-refractivity contribution < 1.29 is 9.90 Å². The second-order valence-corrected chi connectivity index (χ2v) is 3.57. The molecule has 0 heterocycles. The maximum Gasteiger partial charge on any atom is 0.165 e. The number of aromatic hydroxyl groups is 1. The van der Waals surface area contributed by atoms with Crippen LogP contribution in [0.2, 0.25) is 5.02 Å². The van der Waals surface area contributed by atoms with Gasteiger partial charge in [0.15, 0.2) is 5.78 Å². The molecular weight excluding hydrogens is 243 g/mol. The van der Waals surface area contributed by atoms with Crippen LogP contribution in [0.5, 0.6) is 5.75 Å². The van der Waals surface area contributed by atoms with Crippen LogP contribution in [0.4, 0.5) is 0 Å². The second kappa shape index (κ2) is 3.46. The molecule has 0 amide bonds. The Bertz CT molecular complexity index is 336. The zero-order chi connectivity index (χ0) is 9.30. The van der Waals surface area contributed by atoms with Crippen LogP contribution in [0.3, 0.4) is 0 Å². The van der Waals surface area contributed by atoms with E-state index < -0.39 is 0 Å². The van der Waals surface area contributed by atoms with E-state index in [1.807, 2.05) is 0 Å². The molecule has 0 atom stereocenters. The van der Waals surface area contributed by atoms with E-state index in [1.165, 1.54) is 6.92 Å². The van der Waals surface area contributed by atoms with Gasteiger partial charge >= 0.3 is 0 Å². The maximum atomic E-state index is 11.0. The van der Waals surface area contributed by atoms with Gasteiger partial charge in [-0.2, -0.15) is 0 Å². The highest BCUT2D eigenvalue weighted by Gasteiger charge is 2.13. The van der Waals surface area contributed by atoms with Crippen LogP contribution in [0.15, 0.2) is 16.6 Å². The molecule has 0 spiro atoms. The molecule has 0 aliphatic carbocycles. The highest BCUT2D eigenvalue weighted by Crippen LogP contribution is 2.33. The zero-order valence-electron chi connectivity index (χ0n) is 6.27. The number of phenolic OH excluding ortho intramolecular Hbond substituents is 1. The van der Waals surface area contributed by atoms with Crippen molar-refractivity contribution in [2.45, 2.75) is 6.92 Å². The first-order valence-electron chi connectivity index (χ1n) is 3.22. The van der Waals surface area contributed by atoms with Crippen molar-refractivity contribution in [2.24, 2.45) is 0 Å². The number of phenols is 1. The Morgan fingerprint density at radius 1 is 1.58 bits per heavy atom. The molecule has 0 saturated heterocycles. The van der Waals surface area contributed by atoms with Gasteiger partial charge < -0.3 is 5.11 Å². The van der Waals surface area contributed by atoms with Gasteiger partial charge in [0, 0.05) is 0 Å². The third-order valence-corrected chi connectivity index (χ3v) is 2.38. The summed E-state index contributed by atoms with van der Waals surface area (Å²) in [6.45, 7) is 1.35. The highest BCUT2D eigenvalue weighted by molar-refractivity contribution is 9.10. The largest absolute Gasteiger partial charge is 0.506 e. The summed E-state index contributed by atoms with van der Waals surface area (Å²) in [6, 6.07) is 3.15. The van der Waals surface area contributed by atoms with E-state index in [2.05, 4.69) is 15.9 Å². The fourth-order valence-corrected chi connectivity index (χ4v) is 1.49. The van der Waals surface area contributed by atoms with Crippen molar-refractivity contribution in [1.29, 1.82) is 0 Å². The lowest BCUT2D eigenvalue weighted by Gasteiger charge is -2.04. The van der Waals surface area contributed by atoms with Gasteiger partial charge in [0.1, 0.15) is 5.75 Å². The summed E-state index contributed by atoms with van der Waals surface area (Å²) in [5.74, 6) is -0.353. The van der Waals surface area contributed by atoms with Gasteiger partial charge in [-0.1, -0.05) is 11.6 Å². The molecule has 0 unspecified atom stereocenters. The van der Waals surface area contributed by atoms with Crippen molar-refractivity contribution in [1.82, 2.24) is 0 Å². The van der Waals surface area contributed by atoms with Crippen LogP contribution in [0.1, 0.15) is 17.3 Å². The summed E-state index contributed by atoms with van der Waals surface area (Å²) in [5.41, 5.74) is 0.158. The Hall–Kier alpha value is -0.540. The molecule has 12 heavy (non-hydrogen) atoms. The molecule has 0 saturated carbocycles. The number of carbonyl (C=O) groups excluding carboxylic acids is 1. The van der Waals surface area contributed by atoms with Crippen LogP contribution < -0.4 is 0 Å². The quantitative estimate of drug-likeness (QED) is 0.777. The smallest absolute Gasteiger partial charge is 0.165 e. The van der Waals surface area contributed by atoms with E-state index in [9.17, 15) is 9.90 Å². The summed E-state index contributed by atoms with van der Waals surface area (Å²) in [6.07, 6.45) is 0. The molecule has 2 nitrogen and oxygen atoms in total. The van der Waals surface area contributed by atoms with Crippen molar-refractivity contribution in [2.75, 3.05) is 0 Å². The van der Waals surface area contributed by atoms with E-state index in [0.29, 0.717) is 4.47 Å². The fourth-order valence-electron chi connectivity index (χ4n) is 0.876. The minimum atomic E-state index is -0.251. The Balaban J connectivity index is 3.43. The van der Waals surface area contributed by atoms with E-state index in [4.69, 9.17) is 11.6 Å². The molecule has 0 aliphatic rings. The lowest BCUT2D eigenvalue weighted by atomic mass is 10.1. The van der Waals surface area contributed by atoms with Crippen molar-refractivity contribution >= 4 is 33.3 Å². The Labute approximate surface area is 83.3 Å². The van der Waals surface area contributed by atoms with Crippen LogP contribution in [-0.4, -0.2) is 10.9 Å². The molecular formula is C8H6BrClO2. The number of ketones is 1. The molecule has 1 rings (SSSR count). The van der Waals surface area contributed by atoms with Crippen molar-refractivity contribution in [3.8, 4) is 5.75 Å². The number of hydrogen-bond donors (Lipinski definition) is 1. The van der Waals surface area contributed by atoms with Gasteiger partial charge in [-0.15, -0.1) is 0 Å². The Kier molecular flexibility index (Phi) is 2.75. The highest BCUT2D eigenvalue weighted by atomic mass is 79.9. The summed E-state index contributed by atoms with van der Waals surface area (Å²) >= 11 is 8.78. The van der Waals surface area contributed by atoms with E-state index in [1.54, 1.807) is 12.1 Å². The topological polar surface area (TPSA) is 37.3 Å². The van der Waals surface area contributed by atoms with Crippen molar-refractivity contribution in [3.63, 3.8) is 0 Å². The average Bonchev–Trinajstić information content (AvgIpc) is 1.97. The molecule has 0 fully saturated rings. The number of hydrogen-bond acceptors (Lipinski definition) is 2. The predicted molar refractivity (Wildman–Crippen MR) is 50.8 cm³/mol. The van der Waals surface area contributed by atoms with E-state index in [-0.39, 0.29) is 22.1 Å². The molecule has 1 aromatic carbocycles. The van der Waals surface area contributed by atoms with Gasteiger partial charge in [0.2, 0.25) is 0 Å². The maximum absolute atomic E-state index is 11.0. The molecule has 0 radical (unpaired) electrons. The van der Waals surface area contributed by atoms with Crippen molar-refractivity contribution in [3.05, 3.63) is 27.2 Å². The van der Waals surface area contributed by atoms with Gasteiger partial charge in [-0.25, -0.2) is 0 Å². The normalized spacial score (nSPS) is 9.92. The molecule has 0 aromatic heterocycles. The molecule has 0 bridgehead atoms. The van der Waals surface area contributed by atoms with Gasteiger partial charge in [0.25, 0.3) is 0 Å². The van der Waals surface area contributed by atoms with Gasteiger partial charge in [-0.05, 0) is 35.0 Å². The minimum absolute atomic E-state index is 0.102. The van der Waals surface area contributed by atoms with E-state index in [0.717, 1.165) is 0 Å². The molecule has 1 aromatic rings. The predicted octanol–water partition coefficient (Wildman–Crippen LogP) is 3.01. The Morgan fingerprint density at radius 3 is 2.58 bits per heavy atom. The average molecular weight is 249 g/mol. The summed E-state index contributed by atoms with van der Waals surface area (Å²) < 4.78 is 0.470. The van der Waals surface area contributed by atoms with Gasteiger partial charge in [-0.3, -0.25) is 4.79 Å². The molecule has 64 valence electrons. The number of halogens is 2. The summed E-state index contributed by atoms with van der Waals surface area (Å²) in [5, 5.41) is 9.66. The zero-order valence-corrected chi connectivity index (χ0v) is 8.61. The number of rotatable bonds is 1. The lowest BCUT2D eigenvalue weighted by molar-refractivity contribution is 0.101. The SMILES string of the molecule is CC(=O)c1c(Cl)ccc(Br)c1O. The molecule has 0 aliphatic heterocycles. The molecule has 4 heteroatoms. The second-order valence-electron chi connectivity index (χ2n) is 2.31. The van der Waals surface area contributed by atoms with Crippen LogP contribution in [0.25, 0.3) is 0 Å². The van der Waals surface area contributed by atoms with E-state index >= 15 is 0 Å². The van der Waals surface area contributed by atoms with Crippen LogP contribution >= 0.6 is 27.5 Å². The first-order valence-corrected chi connectivity index (χ1v) is 4.39. The first kappa shape index (κ1) is 9.55.